The van der Waals surface area contributed by atoms with Crippen molar-refractivity contribution in [3.05, 3.63) is 51.7 Å². The van der Waals surface area contributed by atoms with Crippen molar-refractivity contribution >= 4 is 17.2 Å². The van der Waals surface area contributed by atoms with Gasteiger partial charge in [0.2, 0.25) is 0 Å². The van der Waals surface area contributed by atoms with Gasteiger partial charge in [-0.1, -0.05) is 26.0 Å². The second-order valence-corrected chi connectivity index (χ2v) is 6.50. The lowest BCUT2D eigenvalue weighted by Gasteiger charge is -2.17. The number of aliphatic hydroxyl groups excluding tert-OH is 1. The van der Waals surface area contributed by atoms with Crippen molar-refractivity contribution in [3.63, 3.8) is 0 Å². The van der Waals surface area contributed by atoms with E-state index in [0.29, 0.717) is 11.3 Å². The van der Waals surface area contributed by atoms with Crippen LogP contribution in [0.5, 0.6) is 5.75 Å². The summed E-state index contributed by atoms with van der Waals surface area (Å²) in [5.74, 6) is 0.349. The Morgan fingerprint density at radius 2 is 1.91 bits per heavy atom. The summed E-state index contributed by atoms with van der Waals surface area (Å²) in [5, 5.41) is 23.6. The number of phenols is 1. The largest absolute Gasteiger partial charge is 0.508 e. The van der Waals surface area contributed by atoms with Gasteiger partial charge >= 0.3 is 0 Å². The topological polar surface area (TPSA) is 69.6 Å². The van der Waals surface area contributed by atoms with E-state index in [1.807, 2.05) is 11.4 Å². The van der Waals surface area contributed by atoms with Crippen LogP contribution < -0.4 is 5.32 Å². The predicted octanol–water partition coefficient (Wildman–Crippen LogP) is 2.91. The van der Waals surface area contributed by atoms with E-state index in [-0.39, 0.29) is 30.2 Å². The maximum absolute atomic E-state index is 12.4. The fourth-order valence-electron chi connectivity index (χ4n) is 2.29. The number of carbonyl (C=O) groups is 1. The fourth-order valence-corrected chi connectivity index (χ4v) is 3.24. The molecule has 1 aromatic heterocycles. The van der Waals surface area contributed by atoms with Gasteiger partial charge in [-0.25, -0.2) is 0 Å². The molecule has 4 nitrogen and oxygen atoms in total. The summed E-state index contributed by atoms with van der Waals surface area (Å²) in [7, 11) is 0. The Kier molecular flexibility index (Phi) is 5.57. The average Bonchev–Trinajstić information content (AvgIpc) is 2.98. The Labute approximate surface area is 134 Å². The first-order valence-electron chi connectivity index (χ1n) is 7.28. The highest BCUT2D eigenvalue weighted by atomic mass is 32.1. The number of carbonyl (C=O) groups excluding carboxylic acids is 1. The first kappa shape index (κ1) is 16.5. The molecule has 0 unspecified atom stereocenters. The molecule has 0 fully saturated rings. The summed E-state index contributed by atoms with van der Waals surface area (Å²) < 4.78 is 0. The second-order valence-electron chi connectivity index (χ2n) is 5.58. The van der Waals surface area contributed by atoms with Gasteiger partial charge in [-0.3, -0.25) is 4.79 Å². The third-order valence-corrected chi connectivity index (χ3v) is 4.43. The lowest BCUT2D eigenvalue weighted by atomic mass is 10.0. The smallest absolute Gasteiger partial charge is 0.261 e. The summed E-state index contributed by atoms with van der Waals surface area (Å²) in [5.41, 5.74) is 1.98. The molecule has 22 heavy (non-hydrogen) atoms. The molecule has 0 aliphatic heterocycles. The fraction of sp³-hybridized carbons (Fsp3) is 0.353. The zero-order valence-electron chi connectivity index (χ0n) is 12.7. The molecule has 2 aromatic rings. The zero-order valence-corrected chi connectivity index (χ0v) is 13.6. The molecule has 0 aliphatic rings. The Balaban J connectivity index is 2.04. The Bertz CT molecular complexity index is 619. The summed E-state index contributed by atoms with van der Waals surface area (Å²) in [6.45, 7) is 3.98. The third kappa shape index (κ3) is 4.08. The van der Waals surface area contributed by atoms with Crippen LogP contribution in [0.15, 0.2) is 35.7 Å². The highest BCUT2D eigenvalue weighted by molar-refractivity contribution is 7.12. The quantitative estimate of drug-likeness (QED) is 0.767. The zero-order chi connectivity index (χ0) is 16.1. The van der Waals surface area contributed by atoms with Crippen molar-refractivity contribution in [1.82, 2.24) is 5.32 Å². The normalized spacial score (nSPS) is 12.4. The second kappa shape index (κ2) is 7.42. The van der Waals surface area contributed by atoms with E-state index in [2.05, 4.69) is 19.2 Å². The van der Waals surface area contributed by atoms with Gasteiger partial charge < -0.3 is 15.5 Å². The first-order valence-corrected chi connectivity index (χ1v) is 8.16. The van der Waals surface area contributed by atoms with Crippen molar-refractivity contribution in [2.75, 3.05) is 6.61 Å². The van der Waals surface area contributed by atoms with Crippen molar-refractivity contribution in [3.8, 4) is 5.75 Å². The van der Waals surface area contributed by atoms with Gasteiger partial charge in [0.15, 0.2) is 0 Å². The van der Waals surface area contributed by atoms with Gasteiger partial charge in [0, 0.05) is 0 Å². The molecule has 0 bridgehead atoms. The van der Waals surface area contributed by atoms with Crippen molar-refractivity contribution < 1.29 is 15.0 Å². The minimum Gasteiger partial charge on any atom is -0.508 e. The molecule has 1 aromatic carbocycles. The molecule has 118 valence electrons. The molecule has 0 radical (unpaired) electrons. The number of aromatic hydroxyl groups is 1. The van der Waals surface area contributed by atoms with Crippen LogP contribution in [-0.4, -0.2) is 28.8 Å². The number of hydrogen-bond acceptors (Lipinski definition) is 4. The SMILES string of the molecule is CC(C)c1ccsc1C(=O)N[C@H](CO)Cc1ccc(O)cc1. The van der Waals surface area contributed by atoms with Crippen LogP contribution in [0.3, 0.4) is 0 Å². The summed E-state index contributed by atoms with van der Waals surface area (Å²) in [4.78, 5) is 13.1. The molecule has 2 rings (SSSR count). The molecule has 1 heterocycles. The van der Waals surface area contributed by atoms with E-state index in [1.54, 1.807) is 24.3 Å². The van der Waals surface area contributed by atoms with Gasteiger partial charge in [-0.05, 0) is 47.0 Å². The Morgan fingerprint density at radius 1 is 1.23 bits per heavy atom. The van der Waals surface area contributed by atoms with E-state index >= 15 is 0 Å². The minimum atomic E-state index is -0.348. The van der Waals surface area contributed by atoms with Gasteiger partial charge in [0.25, 0.3) is 5.91 Å². The maximum atomic E-state index is 12.4. The molecule has 5 heteroatoms. The van der Waals surface area contributed by atoms with Gasteiger partial charge in [-0.2, -0.15) is 0 Å². The van der Waals surface area contributed by atoms with Crippen molar-refractivity contribution in [2.45, 2.75) is 32.2 Å². The van der Waals surface area contributed by atoms with Crippen LogP contribution in [0.1, 0.15) is 40.6 Å². The molecule has 1 atom stereocenters. The Morgan fingerprint density at radius 3 is 2.50 bits per heavy atom. The summed E-state index contributed by atoms with van der Waals surface area (Å²) in [6.07, 6.45) is 0.519. The average molecular weight is 319 g/mol. The number of amides is 1. The van der Waals surface area contributed by atoms with Crippen LogP contribution in [0.4, 0.5) is 0 Å². The lowest BCUT2D eigenvalue weighted by molar-refractivity contribution is 0.0919. The number of benzene rings is 1. The predicted molar refractivity (Wildman–Crippen MR) is 88.6 cm³/mol. The summed E-state index contributed by atoms with van der Waals surface area (Å²) in [6, 6.07) is 8.39. The third-order valence-electron chi connectivity index (χ3n) is 3.50. The molecular weight excluding hydrogens is 298 g/mol. The molecule has 0 aliphatic carbocycles. The van der Waals surface area contributed by atoms with E-state index in [4.69, 9.17) is 0 Å². The molecule has 0 saturated heterocycles. The number of aliphatic hydroxyl groups is 1. The van der Waals surface area contributed by atoms with Crippen LogP contribution >= 0.6 is 11.3 Å². The highest BCUT2D eigenvalue weighted by Gasteiger charge is 2.19. The van der Waals surface area contributed by atoms with E-state index < -0.39 is 0 Å². The number of thiophene rings is 1. The van der Waals surface area contributed by atoms with Crippen molar-refractivity contribution in [1.29, 1.82) is 0 Å². The number of phenolic OH excluding ortho intramolecular Hbond substituents is 1. The van der Waals surface area contributed by atoms with Crippen molar-refractivity contribution in [2.24, 2.45) is 0 Å². The van der Waals surface area contributed by atoms with Gasteiger partial charge in [0.05, 0.1) is 17.5 Å². The first-order chi connectivity index (χ1) is 10.5. The van der Waals surface area contributed by atoms with Crippen LogP contribution in [0.25, 0.3) is 0 Å². The van der Waals surface area contributed by atoms with Gasteiger partial charge in [-0.15, -0.1) is 11.3 Å². The molecule has 1 amide bonds. The standard InChI is InChI=1S/C17H21NO3S/c1-11(2)15-7-8-22-16(15)17(21)18-13(10-19)9-12-3-5-14(20)6-4-12/h3-8,11,13,19-20H,9-10H2,1-2H3,(H,18,21)/t13-/m0/s1. The molecule has 0 saturated carbocycles. The van der Waals surface area contributed by atoms with E-state index in [1.165, 1.54) is 11.3 Å². The number of nitrogens with one attached hydrogen (secondary N) is 1. The summed E-state index contributed by atoms with van der Waals surface area (Å²) >= 11 is 1.42. The highest BCUT2D eigenvalue weighted by Crippen LogP contribution is 2.24. The molecule has 0 spiro atoms. The Hall–Kier alpha value is -1.85. The number of hydrogen-bond donors (Lipinski definition) is 3. The lowest BCUT2D eigenvalue weighted by Crippen LogP contribution is -2.39. The maximum Gasteiger partial charge on any atom is 0.261 e. The monoisotopic (exact) mass is 319 g/mol. The number of rotatable bonds is 6. The molecule has 3 N–H and O–H groups in total. The van der Waals surface area contributed by atoms with E-state index in [9.17, 15) is 15.0 Å². The van der Waals surface area contributed by atoms with Crippen LogP contribution in [-0.2, 0) is 6.42 Å². The minimum absolute atomic E-state index is 0.130. The van der Waals surface area contributed by atoms with Gasteiger partial charge in [0.1, 0.15) is 5.75 Å². The molecular formula is C17H21NO3S. The van der Waals surface area contributed by atoms with E-state index in [0.717, 1.165) is 11.1 Å². The van der Waals surface area contributed by atoms with Crippen LogP contribution in [0.2, 0.25) is 0 Å². The van der Waals surface area contributed by atoms with Crippen LogP contribution in [0, 0.1) is 0 Å².